The molecule has 0 aliphatic rings. The van der Waals surface area contributed by atoms with Crippen LogP contribution in [0.2, 0.25) is 12.1 Å². The number of hydrogen-bond acceptors (Lipinski definition) is 1. The predicted molar refractivity (Wildman–Crippen MR) is 169 cm³/mol. The largest absolute Gasteiger partial charge is 1.00 e. The van der Waals surface area contributed by atoms with E-state index in [4.69, 9.17) is 11.8 Å². The van der Waals surface area contributed by atoms with E-state index in [1.54, 1.807) is 0 Å². The van der Waals surface area contributed by atoms with E-state index in [0.29, 0.717) is 0 Å². The monoisotopic (exact) mass is 605 g/mol. The smallest absolute Gasteiger partial charge is 0.512 e. The van der Waals surface area contributed by atoms with Gasteiger partial charge in [0.05, 0.1) is 0 Å². The molecular formula is C35H38CuLi2NSi2+. The first-order valence-electron chi connectivity index (χ1n) is 13.0. The summed E-state index contributed by atoms with van der Waals surface area (Å²) >= 11 is 0. The van der Waals surface area contributed by atoms with Gasteiger partial charge in [-0.3, -0.25) is 0 Å². The molecule has 203 valence electrons. The third-order valence-electron chi connectivity index (χ3n) is 6.39. The molecule has 0 saturated heterocycles. The molecule has 0 N–H and O–H groups in total. The van der Waals surface area contributed by atoms with Crippen molar-refractivity contribution >= 4 is 38.3 Å². The first-order valence-corrected chi connectivity index (χ1v) is 16.4. The van der Waals surface area contributed by atoms with E-state index in [-0.39, 0.29) is 54.8 Å². The van der Waals surface area contributed by atoms with Crippen LogP contribution in [0, 0.1) is 11.8 Å². The van der Waals surface area contributed by atoms with Crippen molar-refractivity contribution in [3.63, 3.8) is 0 Å². The average Bonchev–Trinajstić information content (AvgIpc) is 3.01. The van der Waals surface area contributed by atoms with Crippen LogP contribution in [0.25, 0.3) is 0 Å². The molecule has 0 fully saturated rings. The van der Waals surface area contributed by atoms with Crippen molar-refractivity contribution in [3.8, 4) is 0 Å². The number of hydrogen-bond donors (Lipinski definition) is 0. The maximum atomic E-state index is 6.25. The molecule has 0 aliphatic carbocycles. The van der Waals surface area contributed by atoms with Gasteiger partial charge < -0.3 is 11.8 Å². The Morgan fingerprint density at radius 2 is 0.707 bits per heavy atom. The second-order valence-corrected chi connectivity index (χ2v) is 14.0. The first-order chi connectivity index (χ1) is 18.6. The van der Waals surface area contributed by atoms with Gasteiger partial charge in [-0.05, 0) is 39.8 Å². The number of rotatable bonds is 8. The minimum Gasteiger partial charge on any atom is -0.512 e. The Labute approximate surface area is 287 Å². The summed E-state index contributed by atoms with van der Waals surface area (Å²) in [5, 5.41) is 12.2. The van der Waals surface area contributed by atoms with Gasteiger partial charge in [-0.15, -0.1) is 0 Å². The molecule has 0 saturated carbocycles. The minimum atomic E-state index is -0.679. The molecule has 4 aromatic carbocycles. The molecule has 3 radical (unpaired) electrons. The van der Waals surface area contributed by atoms with E-state index in [2.05, 4.69) is 161 Å². The number of allylic oxidation sites excluding steroid dienone is 4. The molecule has 0 heterocycles. The molecule has 0 atom stereocenters. The molecule has 1 nitrogen and oxygen atoms in total. The third kappa shape index (κ3) is 14.6. The summed E-state index contributed by atoms with van der Waals surface area (Å²) < 4.78 is 0. The normalized spacial score (nSPS) is 10.4. The fourth-order valence-corrected chi connectivity index (χ4v) is 9.45. The van der Waals surface area contributed by atoms with Crippen LogP contribution >= 0.6 is 0 Å². The molecular weight excluding hydrogens is 568 g/mol. The molecule has 0 unspecified atom stereocenters. The summed E-state index contributed by atoms with van der Waals surface area (Å²) in [6.45, 7) is 13.5. The zero-order valence-corrected chi connectivity index (χ0v) is 28.3. The van der Waals surface area contributed by atoms with Gasteiger partial charge in [0.25, 0.3) is 0 Å². The number of nitrogens with zero attached hydrogens (tertiary/aromatic N) is 1. The van der Waals surface area contributed by atoms with Gasteiger partial charge in [0, 0.05) is 17.1 Å². The van der Waals surface area contributed by atoms with E-state index in [1.165, 1.54) is 44.0 Å². The zero-order valence-electron chi connectivity index (χ0n) is 25.4. The molecule has 0 bridgehead atoms. The molecule has 6 heteroatoms. The van der Waals surface area contributed by atoms with Gasteiger partial charge >= 0.3 is 37.7 Å². The summed E-state index contributed by atoms with van der Waals surface area (Å²) in [7, 11) is -1.36. The van der Waals surface area contributed by atoms with Crippen molar-refractivity contribution in [1.29, 1.82) is 5.26 Å². The molecule has 4 rings (SSSR count). The van der Waals surface area contributed by atoms with E-state index in [9.17, 15) is 0 Å². The van der Waals surface area contributed by atoms with Crippen LogP contribution < -0.4 is 58.5 Å². The van der Waals surface area contributed by atoms with Crippen molar-refractivity contribution < 1.29 is 54.8 Å². The Morgan fingerprint density at radius 3 is 0.878 bits per heavy atom. The van der Waals surface area contributed by atoms with Gasteiger partial charge in [-0.1, -0.05) is 165 Å². The maximum Gasteiger partial charge on any atom is 1.00 e. The van der Waals surface area contributed by atoms with Crippen LogP contribution in [0.5, 0.6) is 0 Å². The van der Waals surface area contributed by atoms with Crippen LogP contribution in [0.1, 0.15) is 27.7 Å². The quantitative estimate of drug-likeness (QED) is 0.164. The van der Waals surface area contributed by atoms with E-state index >= 15 is 0 Å². The maximum absolute atomic E-state index is 6.25. The summed E-state index contributed by atoms with van der Waals surface area (Å²) in [5.74, 6) is 0. The predicted octanol–water partition coefficient (Wildman–Crippen LogP) is 0.625. The Balaban J connectivity index is 0. The third-order valence-corrected chi connectivity index (χ3v) is 12.3. The molecule has 41 heavy (non-hydrogen) atoms. The second-order valence-electron chi connectivity index (χ2n) is 9.04. The Morgan fingerprint density at radius 1 is 0.512 bits per heavy atom. The molecule has 0 spiro atoms. The Kier molecular flexibility index (Phi) is 24.7. The number of benzene rings is 4. The van der Waals surface area contributed by atoms with Gasteiger partial charge in [0.2, 0.25) is 0 Å². The molecule has 4 aromatic rings. The van der Waals surface area contributed by atoms with Crippen molar-refractivity contribution in [2.75, 3.05) is 0 Å². The SMILES string of the molecule is C/C=C(/C)C[Si](c1ccccc1)c1ccccc1.C/C=C(/C)C[Si](c1ccccc1)c1ccccc1.[C-]#N.[Cu].[Li+].[Li+]. The van der Waals surface area contributed by atoms with Gasteiger partial charge in [0.15, 0.2) is 0 Å². The van der Waals surface area contributed by atoms with Crippen LogP contribution in [0.4, 0.5) is 0 Å². The molecule has 0 aromatic heterocycles. The fourth-order valence-electron chi connectivity index (χ4n) is 4.06. The van der Waals surface area contributed by atoms with Crippen molar-refractivity contribution in [1.82, 2.24) is 0 Å². The van der Waals surface area contributed by atoms with Crippen LogP contribution in [0.15, 0.2) is 145 Å². The van der Waals surface area contributed by atoms with Gasteiger partial charge in [-0.2, -0.15) is 0 Å². The zero-order chi connectivity index (χ0) is 27.6. The van der Waals surface area contributed by atoms with E-state index < -0.39 is 17.6 Å². The second kappa shape index (κ2) is 24.6. The van der Waals surface area contributed by atoms with E-state index in [1.807, 2.05) is 0 Å². The van der Waals surface area contributed by atoms with E-state index in [0.717, 1.165) is 0 Å². The van der Waals surface area contributed by atoms with Crippen molar-refractivity contribution in [2.24, 2.45) is 0 Å². The van der Waals surface area contributed by atoms with Crippen molar-refractivity contribution in [2.45, 2.75) is 39.8 Å². The fraction of sp³-hybridized carbons (Fsp3) is 0.171. The standard InChI is InChI=1S/2C17H19Si.CN.Cu.2Li/c2*1-3-15(2)14-18(16-10-6-4-7-11-16)17-12-8-5-9-13-17;1-2;;;/h2*3-13H,14H2,1-2H3;;;;/q;;-1;;2*+1/b2*15-3-;;;;. The summed E-state index contributed by atoms with van der Waals surface area (Å²) in [5.41, 5.74) is 2.97. The topological polar surface area (TPSA) is 23.8 Å². The summed E-state index contributed by atoms with van der Waals surface area (Å²) in [4.78, 5) is 0. The summed E-state index contributed by atoms with van der Waals surface area (Å²) in [6.07, 6.45) is 4.47. The van der Waals surface area contributed by atoms with Crippen LogP contribution in [0.3, 0.4) is 0 Å². The Hall–Kier alpha value is -2.00. The van der Waals surface area contributed by atoms with Gasteiger partial charge in [0.1, 0.15) is 17.6 Å². The van der Waals surface area contributed by atoms with Crippen molar-refractivity contribution in [3.05, 3.63) is 151 Å². The molecule has 0 aliphatic heterocycles. The minimum absolute atomic E-state index is 0. The molecule has 0 amide bonds. The van der Waals surface area contributed by atoms with Gasteiger partial charge in [-0.25, -0.2) is 0 Å². The average molecular weight is 606 g/mol. The van der Waals surface area contributed by atoms with Crippen LogP contribution in [-0.2, 0) is 17.1 Å². The first kappa shape index (κ1) is 41.1. The summed E-state index contributed by atoms with van der Waals surface area (Å²) in [6, 6.07) is 46.1. The Bertz CT molecular complexity index is 1090. The van der Waals surface area contributed by atoms with Crippen LogP contribution in [-0.4, -0.2) is 17.6 Å².